The number of benzene rings is 2. The third-order valence-electron chi connectivity index (χ3n) is 4.64. The number of aryl methyl sites for hydroxylation is 2. The summed E-state index contributed by atoms with van der Waals surface area (Å²) in [6.07, 6.45) is 0.922. The summed E-state index contributed by atoms with van der Waals surface area (Å²) in [5.74, 6) is 0.144. The number of hydrogen-bond donors (Lipinski definition) is 1. The fraction of sp³-hybridized carbons (Fsp3) is 0.364. The van der Waals surface area contributed by atoms with Gasteiger partial charge in [0.25, 0.3) is 5.91 Å². The van der Waals surface area contributed by atoms with Gasteiger partial charge in [0, 0.05) is 13.6 Å². The van der Waals surface area contributed by atoms with Gasteiger partial charge in [-0.3, -0.25) is 9.59 Å². The van der Waals surface area contributed by atoms with E-state index in [4.69, 9.17) is 4.74 Å². The highest BCUT2D eigenvalue weighted by molar-refractivity contribution is 9.10. The molecule has 0 aliphatic rings. The highest BCUT2D eigenvalue weighted by Gasteiger charge is 2.26. The first-order valence-corrected chi connectivity index (χ1v) is 10.1. The van der Waals surface area contributed by atoms with Crippen LogP contribution in [0.5, 0.6) is 5.75 Å². The van der Waals surface area contributed by atoms with Crippen molar-refractivity contribution >= 4 is 27.7 Å². The number of carbonyl (C=O) groups excluding carboxylic acids is 2. The minimum atomic E-state index is -0.603. The van der Waals surface area contributed by atoms with Gasteiger partial charge in [0.05, 0.1) is 4.47 Å². The highest BCUT2D eigenvalue weighted by atomic mass is 79.9. The van der Waals surface area contributed by atoms with Gasteiger partial charge >= 0.3 is 0 Å². The van der Waals surface area contributed by atoms with Crippen molar-refractivity contribution in [2.24, 2.45) is 0 Å². The van der Waals surface area contributed by atoms with E-state index in [0.717, 1.165) is 22.0 Å². The van der Waals surface area contributed by atoms with Gasteiger partial charge in [0.1, 0.15) is 11.8 Å². The first-order chi connectivity index (χ1) is 13.3. The molecule has 2 aromatic rings. The molecule has 5 nitrogen and oxygen atoms in total. The van der Waals surface area contributed by atoms with Crippen LogP contribution in [0.25, 0.3) is 0 Å². The Hall–Kier alpha value is -2.34. The lowest BCUT2D eigenvalue weighted by atomic mass is 10.1. The lowest BCUT2D eigenvalue weighted by molar-refractivity contribution is -0.142. The second-order valence-electron chi connectivity index (χ2n) is 6.70. The minimum Gasteiger partial charge on any atom is -0.483 e. The van der Waals surface area contributed by atoms with Crippen LogP contribution < -0.4 is 10.1 Å². The van der Waals surface area contributed by atoms with Crippen LogP contribution in [0.4, 0.5) is 0 Å². The number of likely N-dealkylation sites (N-methyl/N-ethyl adjacent to an activating group) is 1. The molecular formula is C22H27BrN2O3. The summed E-state index contributed by atoms with van der Waals surface area (Å²) in [5.41, 5.74) is 3.28. The van der Waals surface area contributed by atoms with Gasteiger partial charge in [-0.2, -0.15) is 0 Å². The summed E-state index contributed by atoms with van der Waals surface area (Å²) in [5, 5.41) is 2.61. The number of hydrogen-bond acceptors (Lipinski definition) is 3. The van der Waals surface area contributed by atoms with Crippen LogP contribution in [0.15, 0.2) is 46.9 Å². The Balaban J connectivity index is 2.13. The Kier molecular flexibility index (Phi) is 8.05. The zero-order valence-electron chi connectivity index (χ0n) is 16.8. The van der Waals surface area contributed by atoms with Gasteiger partial charge < -0.3 is 15.0 Å². The van der Waals surface area contributed by atoms with E-state index < -0.39 is 6.04 Å². The lowest BCUT2D eigenvalue weighted by Gasteiger charge is -2.28. The van der Waals surface area contributed by atoms with Gasteiger partial charge in [0.15, 0.2) is 6.61 Å². The third kappa shape index (κ3) is 5.83. The molecular weight excluding hydrogens is 420 g/mol. The van der Waals surface area contributed by atoms with Crippen LogP contribution in [-0.2, 0) is 22.6 Å². The van der Waals surface area contributed by atoms with Crippen molar-refractivity contribution in [3.05, 3.63) is 63.6 Å². The van der Waals surface area contributed by atoms with E-state index in [1.165, 1.54) is 10.5 Å². The molecule has 0 heterocycles. The highest BCUT2D eigenvalue weighted by Crippen LogP contribution is 2.26. The molecule has 1 atom stereocenters. The first kappa shape index (κ1) is 22.0. The van der Waals surface area contributed by atoms with Gasteiger partial charge in [-0.05, 0) is 59.5 Å². The maximum absolute atomic E-state index is 12.9. The molecule has 0 saturated heterocycles. The van der Waals surface area contributed by atoms with Crippen molar-refractivity contribution in [3.8, 4) is 5.75 Å². The molecule has 0 aliphatic heterocycles. The molecule has 0 aliphatic carbocycles. The minimum absolute atomic E-state index is 0.142. The van der Waals surface area contributed by atoms with Gasteiger partial charge in [-0.15, -0.1) is 0 Å². The van der Waals surface area contributed by atoms with E-state index in [-0.39, 0.29) is 18.4 Å². The first-order valence-electron chi connectivity index (χ1n) is 9.33. The summed E-state index contributed by atoms with van der Waals surface area (Å²) >= 11 is 3.48. The fourth-order valence-electron chi connectivity index (χ4n) is 2.79. The van der Waals surface area contributed by atoms with E-state index >= 15 is 0 Å². The fourth-order valence-corrected chi connectivity index (χ4v) is 3.33. The van der Waals surface area contributed by atoms with E-state index in [0.29, 0.717) is 12.3 Å². The third-order valence-corrected chi connectivity index (χ3v) is 5.26. The Labute approximate surface area is 175 Å². The second kappa shape index (κ2) is 10.3. The van der Waals surface area contributed by atoms with Crippen molar-refractivity contribution < 1.29 is 14.3 Å². The van der Waals surface area contributed by atoms with Gasteiger partial charge in [-0.25, -0.2) is 0 Å². The Bertz CT molecular complexity index is 821. The number of carbonyl (C=O) groups is 2. The maximum Gasteiger partial charge on any atom is 0.261 e. The molecule has 0 radical (unpaired) electrons. The van der Waals surface area contributed by atoms with Crippen LogP contribution in [0.2, 0.25) is 0 Å². The van der Waals surface area contributed by atoms with Crippen LogP contribution in [0.1, 0.15) is 30.5 Å². The van der Waals surface area contributed by atoms with Crippen molar-refractivity contribution in [1.29, 1.82) is 0 Å². The second-order valence-corrected chi connectivity index (χ2v) is 7.56. The predicted octanol–water partition coefficient (Wildman–Crippen LogP) is 3.86. The van der Waals surface area contributed by atoms with E-state index in [2.05, 4.69) is 28.2 Å². The van der Waals surface area contributed by atoms with Crippen LogP contribution in [0.3, 0.4) is 0 Å². The molecule has 2 amide bonds. The molecule has 1 N–H and O–H groups in total. The summed E-state index contributed by atoms with van der Waals surface area (Å²) in [4.78, 5) is 26.6. The molecule has 0 spiro atoms. The summed E-state index contributed by atoms with van der Waals surface area (Å²) in [6.45, 7) is 6.01. The van der Waals surface area contributed by atoms with Crippen LogP contribution in [-0.4, -0.2) is 36.4 Å². The molecule has 6 heteroatoms. The molecule has 1 unspecified atom stereocenters. The van der Waals surface area contributed by atoms with Gasteiger partial charge in [-0.1, -0.05) is 42.8 Å². The Morgan fingerprint density at radius 3 is 2.36 bits per heavy atom. The standard InChI is InChI=1S/C22H27BrN2O3/c1-5-17-10-11-20(19(23)12-17)28-14-21(26)25(16(3)22(27)24-4)13-18-8-6-15(2)7-9-18/h6-12,16H,5,13-14H2,1-4H3,(H,24,27). The number of halogens is 1. The molecule has 0 aromatic heterocycles. The molecule has 2 aromatic carbocycles. The number of nitrogens with zero attached hydrogens (tertiary/aromatic N) is 1. The SMILES string of the molecule is CCc1ccc(OCC(=O)N(Cc2ccc(C)cc2)C(C)C(=O)NC)c(Br)c1. The van der Waals surface area contributed by atoms with E-state index in [9.17, 15) is 9.59 Å². The maximum atomic E-state index is 12.9. The Morgan fingerprint density at radius 1 is 1.14 bits per heavy atom. The summed E-state index contributed by atoms with van der Waals surface area (Å²) < 4.78 is 6.54. The zero-order valence-corrected chi connectivity index (χ0v) is 18.4. The number of ether oxygens (including phenoxy) is 1. The molecule has 2 rings (SSSR count). The molecule has 28 heavy (non-hydrogen) atoms. The molecule has 0 saturated carbocycles. The summed E-state index contributed by atoms with van der Waals surface area (Å²) in [6, 6.07) is 13.1. The number of amides is 2. The number of nitrogens with one attached hydrogen (secondary N) is 1. The van der Waals surface area contributed by atoms with Crippen LogP contribution in [0, 0.1) is 6.92 Å². The quantitative estimate of drug-likeness (QED) is 0.669. The van der Waals surface area contributed by atoms with E-state index in [1.54, 1.807) is 14.0 Å². The van der Waals surface area contributed by atoms with E-state index in [1.807, 2.05) is 49.4 Å². The molecule has 150 valence electrons. The summed E-state index contributed by atoms with van der Waals surface area (Å²) in [7, 11) is 1.57. The monoisotopic (exact) mass is 446 g/mol. The zero-order chi connectivity index (χ0) is 20.7. The Morgan fingerprint density at radius 2 is 1.79 bits per heavy atom. The van der Waals surface area contributed by atoms with Crippen molar-refractivity contribution in [2.45, 2.75) is 39.8 Å². The largest absolute Gasteiger partial charge is 0.483 e. The predicted molar refractivity (Wildman–Crippen MR) is 114 cm³/mol. The van der Waals surface area contributed by atoms with Crippen molar-refractivity contribution in [2.75, 3.05) is 13.7 Å². The van der Waals surface area contributed by atoms with Crippen molar-refractivity contribution in [1.82, 2.24) is 10.2 Å². The van der Waals surface area contributed by atoms with Gasteiger partial charge in [0.2, 0.25) is 5.91 Å². The lowest BCUT2D eigenvalue weighted by Crippen LogP contribution is -2.48. The average Bonchev–Trinajstić information content (AvgIpc) is 2.70. The van der Waals surface area contributed by atoms with Crippen LogP contribution >= 0.6 is 15.9 Å². The number of rotatable bonds is 8. The average molecular weight is 447 g/mol. The normalized spacial score (nSPS) is 11.6. The van der Waals surface area contributed by atoms with Crippen molar-refractivity contribution in [3.63, 3.8) is 0 Å². The topological polar surface area (TPSA) is 58.6 Å². The smallest absolute Gasteiger partial charge is 0.261 e. The molecule has 0 bridgehead atoms. The molecule has 0 fully saturated rings.